The first-order valence-electron chi connectivity index (χ1n) is 5.36. The maximum Gasteiger partial charge on any atom is 0.339 e. The summed E-state index contributed by atoms with van der Waals surface area (Å²) < 4.78 is 28.6. The molecule has 100 valence electrons. The highest BCUT2D eigenvalue weighted by Crippen LogP contribution is 2.15. The zero-order valence-electron chi connectivity index (χ0n) is 10.1. The van der Waals surface area contributed by atoms with E-state index in [4.69, 9.17) is 16.3 Å². The zero-order valence-corrected chi connectivity index (χ0v) is 11.7. The van der Waals surface area contributed by atoms with Gasteiger partial charge in [0.05, 0.1) is 17.4 Å². The molecular formula is C11H14ClNO4S. The van der Waals surface area contributed by atoms with Crippen LogP contribution in [0, 0.1) is 0 Å². The summed E-state index contributed by atoms with van der Waals surface area (Å²) in [5.41, 5.74) is 0.217. The summed E-state index contributed by atoms with van der Waals surface area (Å²) in [6, 6.07) is 2.66. The molecule has 0 radical (unpaired) electrons. The Balaban J connectivity index is 3.00. The first-order chi connectivity index (χ1) is 8.43. The Labute approximate surface area is 111 Å². The third-order valence-corrected chi connectivity index (χ3v) is 4.98. The van der Waals surface area contributed by atoms with Gasteiger partial charge >= 0.3 is 5.97 Å². The van der Waals surface area contributed by atoms with Gasteiger partial charge in [0.1, 0.15) is 0 Å². The average Bonchev–Trinajstić information content (AvgIpc) is 2.38. The number of halogens is 1. The number of rotatable bonds is 5. The normalized spacial score (nSPS) is 13.1. The molecule has 0 aliphatic carbocycles. The molecule has 5 nitrogen and oxygen atoms in total. The Hall–Kier alpha value is -1.14. The van der Waals surface area contributed by atoms with Crippen LogP contribution in [0.2, 0.25) is 0 Å². The number of ether oxygens (including phenoxy) is 1. The number of pyridine rings is 1. The minimum absolute atomic E-state index is 0.0103. The molecule has 1 rings (SSSR count). The quantitative estimate of drug-likeness (QED) is 0.609. The summed E-state index contributed by atoms with van der Waals surface area (Å²) >= 11 is 5.53. The zero-order chi connectivity index (χ0) is 13.8. The van der Waals surface area contributed by atoms with Crippen molar-refractivity contribution in [2.24, 2.45) is 0 Å². The monoisotopic (exact) mass is 291 g/mol. The van der Waals surface area contributed by atoms with E-state index in [2.05, 4.69) is 4.98 Å². The second-order valence-corrected chi connectivity index (χ2v) is 6.24. The molecule has 18 heavy (non-hydrogen) atoms. The summed E-state index contributed by atoms with van der Waals surface area (Å²) in [5.74, 6) is -0.539. The molecule has 0 spiro atoms. The van der Waals surface area contributed by atoms with Crippen molar-refractivity contribution in [1.29, 1.82) is 0 Å². The molecule has 1 heterocycles. The molecule has 0 fully saturated rings. The summed E-state index contributed by atoms with van der Waals surface area (Å²) in [7, 11) is -3.54. The Bertz CT molecular complexity index is 512. The van der Waals surface area contributed by atoms with Crippen LogP contribution in [0.4, 0.5) is 0 Å². The fourth-order valence-corrected chi connectivity index (χ4v) is 2.71. The van der Waals surface area contributed by atoms with Gasteiger partial charge in [-0.2, -0.15) is 0 Å². The Kier molecular flexibility index (Phi) is 5.10. The lowest BCUT2D eigenvalue weighted by Gasteiger charge is -2.09. The topological polar surface area (TPSA) is 73.3 Å². The van der Waals surface area contributed by atoms with Crippen LogP contribution in [0.15, 0.2) is 23.4 Å². The van der Waals surface area contributed by atoms with E-state index in [1.807, 2.05) is 0 Å². The van der Waals surface area contributed by atoms with E-state index < -0.39 is 21.1 Å². The van der Waals surface area contributed by atoms with Gasteiger partial charge in [0, 0.05) is 12.1 Å². The molecule has 1 aromatic rings. The second kappa shape index (κ2) is 6.15. The molecule has 1 atom stereocenters. The number of hydrogen-bond acceptors (Lipinski definition) is 5. The maximum atomic E-state index is 11.9. The number of carbonyl (C=O) groups is 1. The molecule has 0 amide bonds. The van der Waals surface area contributed by atoms with E-state index in [0.717, 1.165) is 0 Å². The fraction of sp³-hybridized carbons (Fsp3) is 0.455. The highest BCUT2D eigenvalue weighted by atomic mass is 35.5. The fourth-order valence-electron chi connectivity index (χ4n) is 1.17. The lowest BCUT2D eigenvalue weighted by Crippen LogP contribution is -2.20. The number of alkyl halides is 1. The third kappa shape index (κ3) is 3.20. The van der Waals surface area contributed by atoms with Crippen molar-refractivity contribution in [2.45, 2.75) is 24.1 Å². The van der Waals surface area contributed by atoms with Crippen molar-refractivity contribution in [3.63, 3.8) is 0 Å². The predicted octanol–water partition coefficient (Wildman–Crippen LogP) is 1.66. The van der Waals surface area contributed by atoms with E-state index in [0.29, 0.717) is 0 Å². The van der Waals surface area contributed by atoms with Crippen molar-refractivity contribution in [2.75, 3.05) is 12.5 Å². The van der Waals surface area contributed by atoms with E-state index in [1.54, 1.807) is 6.92 Å². The van der Waals surface area contributed by atoms with Crippen LogP contribution in [0.5, 0.6) is 0 Å². The first kappa shape index (κ1) is 14.9. The Morgan fingerprint density at radius 2 is 2.17 bits per heavy atom. The van der Waals surface area contributed by atoms with Gasteiger partial charge in [0.2, 0.25) is 0 Å². The maximum absolute atomic E-state index is 11.9. The largest absolute Gasteiger partial charge is 0.462 e. The van der Waals surface area contributed by atoms with Gasteiger partial charge in [-0.05, 0) is 26.0 Å². The molecule has 1 unspecified atom stereocenters. The summed E-state index contributed by atoms with van der Waals surface area (Å²) in [5, 5.41) is -0.816. The average molecular weight is 292 g/mol. The molecule has 0 N–H and O–H groups in total. The van der Waals surface area contributed by atoms with Crippen molar-refractivity contribution >= 4 is 27.4 Å². The van der Waals surface area contributed by atoms with Crippen molar-refractivity contribution in [1.82, 2.24) is 4.98 Å². The highest BCUT2D eigenvalue weighted by molar-refractivity contribution is 7.92. The molecular weight excluding hydrogens is 278 g/mol. The van der Waals surface area contributed by atoms with Crippen LogP contribution < -0.4 is 0 Å². The van der Waals surface area contributed by atoms with Gasteiger partial charge < -0.3 is 4.74 Å². The number of nitrogens with zero attached hydrogens (tertiary/aromatic N) is 1. The molecule has 0 saturated carbocycles. The van der Waals surface area contributed by atoms with E-state index >= 15 is 0 Å². The SMILES string of the molecule is CCOC(=O)c1ccc(S(=O)(=O)C(C)CCl)nc1. The van der Waals surface area contributed by atoms with Crippen LogP contribution >= 0.6 is 11.6 Å². The van der Waals surface area contributed by atoms with Crippen LogP contribution in [0.1, 0.15) is 24.2 Å². The minimum atomic E-state index is -3.54. The molecule has 0 aliphatic rings. The molecule has 0 bridgehead atoms. The van der Waals surface area contributed by atoms with Gasteiger partial charge in [0.15, 0.2) is 14.9 Å². The number of esters is 1. The van der Waals surface area contributed by atoms with Gasteiger partial charge in [-0.15, -0.1) is 11.6 Å². The summed E-state index contributed by atoms with van der Waals surface area (Å²) in [4.78, 5) is 15.1. The molecule has 0 aliphatic heterocycles. The van der Waals surface area contributed by atoms with Gasteiger partial charge in [-0.25, -0.2) is 18.2 Å². The van der Waals surface area contributed by atoms with Crippen LogP contribution in [-0.4, -0.2) is 37.1 Å². The van der Waals surface area contributed by atoms with Crippen LogP contribution in [0.3, 0.4) is 0 Å². The Morgan fingerprint density at radius 3 is 2.61 bits per heavy atom. The molecule has 7 heteroatoms. The van der Waals surface area contributed by atoms with Gasteiger partial charge in [-0.3, -0.25) is 0 Å². The number of sulfone groups is 1. The first-order valence-corrected chi connectivity index (χ1v) is 7.44. The van der Waals surface area contributed by atoms with Gasteiger partial charge in [0.25, 0.3) is 0 Å². The van der Waals surface area contributed by atoms with Crippen molar-refractivity contribution in [3.05, 3.63) is 23.9 Å². The summed E-state index contributed by atoms with van der Waals surface area (Å²) in [6.07, 6.45) is 1.19. The Morgan fingerprint density at radius 1 is 1.50 bits per heavy atom. The van der Waals surface area contributed by atoms with Crippen LogP contribution in [0.25, 0.3) is 0 Å². The molecule has 0 aromatic carbocycles. The number of carbonyl (C=O) groups excluding carboxylic acids is 1. The number of hydrogen-bond donors (Lipinski definition) is 0. The lowest BCUT2D eigenvalue weighted by molar-refractivity contribution is 0.0525. The lowest BCUT2D eigenvalue weighted by atomic mass is 10.3. The predicted molar refractivity (Wildman–Crippen MR) is 67.6 cm³/mol. The van der Waals surface area contributed by atoms with E-state index in [-0.39, 0.29) is 23.1 Å². The highest BCUT2D eigenvalue weighted by Gasteiger charge is 2.24. The smallest absolute Gasteiger partial charge is 0.339 e. The molecule has 1 aromatic heterocycles. The summed E-state index contributed by atoms with van der Waals surface area (Å²) in [6.45, 7) is 3.44. The standard InChI is InChI=1S/C11H14ClNO4S/c1-3-17-11(14)9-4-5-10(13-7-9)18(15,16)8(2)6-12/h4-5,7-8H,3,6H2,1-2H3. The van der Waals surface area contributed by atoms with E-state index in [9.17, 15) is 13.2 Å². The van der Waals surface area contributed by atoms with Crippen molar-refractivity contribution < 1.29 is 17.9 Å². The second-order valence-electron chi connectivity index (χ2n) is 3.62. The van der Waals surface area contributed by atoms with Crippen LogP contribution in [-0.2, 0) is 14.6 Å². The van der Waals surface area contributed by atoms with Gasteiger partial charge in [-0.1, -0.05) is 0 Å². The molecule has 0 saturated heterocycles. The van der Waals surface area contributed by atoms with E-state index in [1.165, 1.54) is 25.3 Å². The minimum Gasteiger partial charge on any atom is -0.462 e. The third-order valence-electron chi connectivity index (χ3n) is 2.29. The number of aromatic nitrogens is 1. The van der Waals surface area contributed by atoms with Crippen molar-refractivity contribution in [3.8, 4) is 0 Å².